The second kappa shape index (κ2) is 35.8. The summed E-state index contributed by atoms with van der Waals surface area (Å²) in [5, 5.41) is 12.5. The van der Waals surface area contributed by atoms with E-state index in [1.54, 1.807) is 21.6 Å². The van der Waals surface area contributed by atoms with Crippen molar-refractivity contribution in [1.82, 2.24) is 10.2 Å². The third kappa shape index (κ3) is 24.7. The van der Waals surface area contributed by atoms with Gasteiger partial charge in [-0.3, -0.25) is 19.2 Å². The normalized spacial score (nSPS) is 11.5. The van der Waals surface area contributed by atoms with Crippen LogP contribution in [-0.4, -0.2) is 144 Å². The van der Waals surface area contributed by atoms with E-state index in [9.17, 15) is 24.3 Å². The molecule has 4 rings (SSSR count). The highest BCUT2D eigenvalue weighted by atomic mass is 33.1. The molecule has 0 radical (unpaired) electrons. The lowest BCUT2D eigenvalue weighted by molar-refractivity contribution is -0.145. The van der Waals surface area contributed by atoms with Gasteiger partial charge in [0.05, 0.1) is 19.3 Å². The minimum atomic E-state index is -0.356. The van der Waals surface area contributed by atoms with E-state index in [1.165, 1.54) is 6.92 Å². The summed E-state index contributed by atoms with van der Waals surface area (Å²) in [6, 6.07) is 31.5. The van der Waals surface area contributed by atoms with Gasteiger partial charge < -0.3 is 59.0 Å². The van der Waals surface area contributed by atoms with Crippen LogP contribution in [0.3, 0.4) is 0 Å². The maximum absolute atomic E-state index is 12.7. The monoisotopic (exact) mass is 1090 g/mol. The molecule has 0 aliphatic heterocycles. The first kappa shape index (κ1) is 63.0. The summed E-state index contributed by atoms with van der Waals surface area (Å²) in [6.45, 7) is 15.2. The highest BCUT2D eigenvalue weighted by Gasteiger charge is 2.25. The first-order valence-corrected chi connectivity index (χ1v) is 28.7. The Balaban J connectivity index is 1.09. The minimum absolute atomic E-state index is 0.0937. The number of esters is 4. The van der Waals surface area contributed by atoms with Crippen LogP contribution in [0.1, 0.15) is 95.4 Å². The standard InChI is InChI=1S/C58H81N3O13S2/c1-45(63)67-35-36-68-50-17-9-46(10-18-50)57(2,3)48-13-21-52(22-14-48)70-38-41-73-55(65)26-32-61(31-7-6-8-34-62)33-27-56(66)74-42-39-71-53-23-15-49(16-24-53)58(4,5)47-11-19-51(20-12-47)69-37-40-72-54(64)25-29-60-30-44-76-75-43-28-59/h9-24,60,62H,6-8,25-44,59H2,1-5H3. The van der Waals surface area contributed by atoms with Crippen LogP contribution < -0.4 is 30.0 Å². The third-order valence-corrected chi connectivity index (χ3v) is 14.8. The van der Waals surface area contributed by atoms with E-state index in [0.717, 1.165) is 53.1 Å². The molecule has 4 aromatic carbocycles. The fourth-order valence-corrected chi connectivity index (χ4v) is 9.57. The first-order valence-electron chi connectivity index (χ1n) is 26.2. The first-order chi connectivity index (χ1) is 36.7. The van der Waals surface area contributed by atoms with Crippen molar-refractivity contribution in [3.8, 4) is 23.0 Å². The number of aliphatic hydroxyl groups is 1. The summed E-state index contributed by atoms with van der Waals surface area (Å²) in [5.74, 6) is 3.30. The van der Waals surface area contributed by atoms with Crippen LogP contribution in [0.2, 0.25) is 0 Å². The number of aliphatic hydroxyl groups excluding tert-OH is 1. The van der Waals surface area contributed by atoms with Crippen molar-refractivity contribution >= 4 is 45.5 Å². The van der Waals surface area contributed by atoms with E-state index in [-0.39, 0.29) is 107 Å². The highest BCUT2D eigenvalue weighted by Crippen LogP contribution is 2.35. The lowest BCUT2D eigenvalue weighted by Gasteiger charge is -2.26. The summed E-state index contributed by atoms with van der Waals surface area (Å²) >= 11 is 0. The average Bonchev–Trinajstić information content (AvgIpc) is 3.43. The number of hydrogen-bond donors (Lipinski definition) is 3. The molecule has 0 amide bonds. The van der Waals surface area contributed by atoms with Gasteiger partial charge in [0.15, 0.2) is 0 Å². The molecule has 4 aromatic rings. The zero-order valence-electron chi connectivity index (χ0n) is 45.2. The van der Waals surface area contributed by atoms with Crippen molar-refractivity contribution in [2.75, 3.05) is 110 Å². The van der Waals surface area contributed by atoms with Gasteiger partial charge in [-0.1, -0.05) is 97.8 Å². The molecule has 0 aliphatic rings. The summed E-state index contributed by atoms with van der Waals surface area (Å²) in [6.07, 6.45) is 2.96. The van der Waals surface area contributed by atoms with Gasteiger partial charge in [-0.05, 0) is 96.6 Å². The lowest BCUT2D eigenvalue weighted by Crippen LogP contribution is -2.31. The number of nitrogens with one attached hydrogen (secondary N) is 1. The Morgan fingerprint density at radius 1 is 0.487 bits per heavy atom. The molecule has 0 spiro atoms. The highest BCUT2D eigenvalue weighted by molar-refractivity contribution is 8.76. The van der Waals surface area contributed by atoms with Crippen LogP contribution in [0.4, 0.5) is 0 Å². The number of carbonyl (C=O) groups is 4. The predicted octanol–water partition coefficient (Wildman–Crippen LogP) is 8.31. The molecule has 0 unspecified atom stereocenters. The number of rotatable bonds is 40. The molecule has 418 valence electrons. The largest absolute Gasteiger partial charge is 0.490 e. The molecule has 0 saturated heterocycles. The number of unbranched alkanes of at least 4 members (excludes halogenated alkanes) is 2. The van der Waals surface area contributed by atoms with Crippen LogP contribution in [0.5, 0.6) is 23.0 Å². The van der Waals surface area contributed by atoms with Crippen LogP contribution in [0.15, 0.2) is 97.1 Å². The topological polar surface area (TPSA) is 204 Å². The van der Waals surface area contributed by atoms with Crippen LogP contribution >= 0.6 is 21.6 Å². The van der Waals surface area contributed by atoms with Crippen molar-refractivity contribution in [3.63, 3.8) is 0 Å². The quantitative estimate of drug-likeness (QED) is 0.0166. The van der Waals surface area contributed by atoms with Crippen molar-refractivity contribution in [2.24, 2.45) is 5.73 Å². The van der Waals surface area contributed by atoms with E-state index in [1.807, 2.05) is 102 Å². The number of hydrogen-bond acceptors (Lipinski definition) is 18. The second-order valence-corrected chi connectivity index (χ2v) is 21.5. The maximum atomic E-state index is 12.7. The van der Waals surface area contributed by atoms with Gasteiger partial charge in [-0.15, -0.1) is 0 Å². The fourth-order valence-electron chi connectivity index (χ4n) is 7.76. The van der Waals surface area contributed by atoms with E-state index >= 15 is 0 Å². The fraction of sp³-hybridized carbons (Fsp3) is 0.517. The van der Waals surface area contributed by atoms with Crippen molar-refractivity contribution in [3.05, 3.63) is 119 Å². The van der Waals surface area contributed by atoms with Crippen molar-refractivity contribution < 1.29 is 62.2 Å². The molecule has 0 aromatic heterocycles. The third-order valence-electron chi connectivity index (χ3n) is 12.4. The Kier molecular flexibility index (Phi) is 29.7. The van der Waals surface area contributed by atoms with Gasteiger partial charge in [0.25, 0.3) is 0 Å². The summed E-state index contributed by atoms with van der Waals surface area (Å²) < 4.78 is 44.5. The number of nitrogens with two attached hydrogens (primary N) is 1. The summed E-state index contributed by atoms with van der Waals surface area (Å²) in [5.41, 5.74) is 9.29. The summed E-state index contributed by atoms with van der Waals surface area (Å²) in [7, 11) is 3.53. The predicted molar refractivity (Wildman–Crippen MR) is 300 cm³/mol. The SMILES string of the molecule is CC(=O)OCCOc1ccc(C(C)(C)c2ccc(OCCOC(=O)CCN(CCCCCO)CCC(=O)OCCOc3ccc(C(C)(C)c4ccc(OCCOC(=O)CCNCCSSCCN)cc4)cc3)cc2)cc1. The minimum Gasteiger partial charge on any atom is -0.490 e. The number of nitrogens with zero attached hydrogens (tertiary/aromatic N) is 1. The average molecular weight is 1090 g/mol. The van der Waals surface area contributed by atoms with Gasteiger partial charge in [-0.25, -0.2) is 0 Å². The van der Waals surface area contributed by atoms with Crippen LogP contribution in [0.25, 0.3) is 0 Å². The van der Waals surface area contributed by atoms with Gasteiger partial charge in [0.1, 0.15) is 75.9 Å². The van der Waals surface area contributed by atoms with E-state index in [4.69, 9.17) is 43.6 Å². The second-order valence-electron chi connectivity index (χ2n) is 18.8. The molecule has 18 heteroatoms. The summed E-state index contributed by atoms with van der Waals surface area (Å²) in [4.78, 5) is 50.5. The molecule has 0 fully saturated rings. The van der Waals surface area contributed by atoms with E-state index in [0.29, 0.717) is 68.6 Å². The van der Waals surface area contributed by atoms with Gasteiger partial charge in [0, 0.05) is 68.6 Å². The molecular weight excluding hydrogens is 1010 g/mol. The van der Waals surface area contributed by atoms with Gasteiger partial charge >= 0.3 is 23.9 Å². The molecular formula is C58H81N3O13S2. The van der Waals surface area contributed by atoms with Gasteiger partial charge in [0.2, 0.25) is 0 Å². The number of benzene rings is 4. The molecule has 16 nitrogen and oxygen atoms in total. The van der Waals surface area contributed by atoms with E-state index in [2.05, 4.69) is 33.0 Å². The lowest BCUT2D eigenvalue weighted by atomic mass is 9.78. The molecule has 0 saturated carbocycles. The Bertz CT molecular complexity index is 2270. The Labute approximate surface area is 458 Å². The number of carbonyl (C=O) groups excluding carboxylic acids is 4. The molecule has 0 heterocycles. The molecule has 0 atom stereocenters. The van der Waals surface area contributed by atoms with Crippen LogP contribution in [-0.2, 0) is 49.0 Å². The number of ether oxygens (including phenoxy) is 8. The maximum Gasteiger partial charge on any atom is 0.307 e. The van der Waals surface area contributed by atoms with Gasteiger partial charge in [-0.2, -0.15) is 0 Å². The van der Waals surface area contributed by atoms with Crippen molar-refractivity contribution in [1.29, 1.82) is 0 Å². The Morgan fingerprint density at radius 2 is 0.855 bits per heavy atom. The molecule has 76 heavy (non-hydrogen) atoms. The van der Waals surface area contributed by atoms with E-state index < -0.39 is 0 Å². The van der Waals surface area contributed by atoms with Crippen molar-refractivity contribution in [2.45, 2.75) is 84.0 Å². The van der Waals surface area contributed by atoms with Crippen LogP contribution in [0, 0.1) is 0 Å². The smallest absolute Gasteiger partial charge is 0.307 e. The zero-order valence-corrected chi connectivity index (χ0v) is 46.8. The zero-order chi connectivity index (χ0) is 54.9. The molecule has 0 aliphatic carbocycles. The molecule has 0 bridgehead atoms. The Morgan fingerprint density at radius 3 is 1.22 bits per heavy atom. The Hall–Kier alpha value is -5.50. The molecule has 4 N–H and O–H groups in total.